The largest absolute Gasteiger partial charge is 0.398 e. The molecule has 2 aromatic rings. The van der Waals surface area contributed by atoms with Crippen molar-refractivity contribution < 1.29 is 0 Å². The van der Waals surface area contributed by atoms with Crippen LogP contribution in [0.5, 0.6) is 0 Å². The zero-order valence-electron chi connectivity index (χ0n) is 8.70. The maximum Gasteiger partial charge on any atom is 0.0483 e. The maximum absolute atomic E-state index is 5.72. The summed E-state index contributed by atoms with van der Waals surface area (Å²) in [6.07, 6.45) is 5.30. The van der Waals surface area contributed by atoms with E-state index in [4.69, 9.17) is 5.73 Å². The Hall–Kier alpha value is -1.44. The molecule has 14 heavy (non-hydrogen) atoms. The maximum atomic E-state index is 5.72. The molecule has 2 heteroatoms. The van der Waals surface area contributed by atoms with Crippen molar-refractivity contribution in [3.05, 3.63) is 36.2 Å². The molecular formula is C12H16N2. The minimum absolute atomic E-state index is 0.621. The molecule has 2 rings (SSSR count). The molecule has 0 saturated heterocycles. The number of nitrogens with zero attached hydrogens (tertiary/aromatic N) is 1. The highest BCUT2D eigenvalue weighted by atomic mass is 14.9. The second-order valence-electron chi connectivity index (χ2n) is 3.88. The van der Waals surface area contributed by atoms with Crippen molar-refractivity contribution in [2.75, 3.05) is 5.73 Å². The molecule has 0 fully saturated rings. The van der Waals surface area contributed by atoms with Gasteiger partial charge in [0.1, 0.15) is 0 Å². The van der Waals surface area contributed by atoms with Crippen LogP contribution in [0, 0.1) is 0 Å². The number of rotatable bonds is 2. The van der Waals surface area contributed by atoms with E-state index in [1.165, 1.54) is 17.5 Å². The summed E-state index contributed by atoms with van der Waals surface area (Å²) in [6, 6.07) is 6.23. The van der Waals surface area contributed by atoms with Crippen molar-refractivity contribution in [3.63, 3.8) is 0 Å². The molecule has 1 unspecified atom stereocenters. The number of pyridine rings is 1. The topological polar surface area (TPSA) is 30.4 Å². The van der Waals surface area contributed by atoms with Crippen molar-refractivity contribution in [2.45, 2.75) is 26.2 Å². The van der Waals surface area contributed by atoms with Crippen molar-refractivity contribution in [3.8, 4) is 0 Å². The van der Waals surface area contributed by atoms with Gasteiger partial charge in [-0.2, -0.15) is 0 Å². The van der Waals surface area contributed by atoms with Gasteiger partial charge in [-0.05, 0) is 36.1 Å². The van der Waals surface area contributed by atoms with Crippen molar-refractivity contribution in [2.24, 2.45) is 0 Å². The van der Waals surface area contributed by atoms with Gasteiger partial charge in [0.2, 0.25) is 0 Å². The molecule has 0 aromatic carbocycles. The van der Waals surface area contributed by atoms with Crippen LogP contribution in [0.4, 0.5) is 5.69 Å². The van der Waals surface area contributed by atoms with E-state index >= 15 is 0 Å². The fourth-order valence-electron chi connectivity index (χ4n) is 1.65. The van der Waals surface area contributed by atoms with Gasteiger partial charge in [0.05, 0.1) is 0 Å². The normalized spacial score (nSPS) is 13.3. The van der Waals surface area contributed by atoms with E-state index in [1.807, 2.05) is 12.3 Å². The van der Waals surface area contributed by atoms with Crippen LogP contribution in [0.2, 0.25) is 0 Å². The molecule has 2 aromatic heterocycles. The Morgan fingerprint density at radius 2 is 2.14 bits per heavy atom. The van der Waals surface area contributed by atoms with Gasteiger partial charge in [0.15, 0.2) is 0 Å². The molecule has 1 atom stereocenters. The number of hydrogen-bond donors (Lipinski definition) is 1. The Morgan fingerprint density at radius 1 is 1.36 bits per heavy atom. The van der Waals surface area contributed by atoms with E-state index in [2.05, 4.69) is 36.6 Å². The Morgan fingerprint density at radius 3 is 2.86 bits per heavy atom. The van der Waals surface area contributed by atoms with E-state index in [9.17, 15) is 0 Å². The highest BCUT2D eigenvalue weighted by Gasteiger charge is 2.05. The highest BCUT2D eigenvalue weighted by molar-refractivity contribution is 5.55. The molecular weight excluding hydrogens is 172 g/mol. The van der Waals surface area contributed by atoms with E-state index in [1.54, 1.807) is 0 Å². The molecule has 2 N–H and O–H groups in total. The summed E-state index contributed by atoms with van der Waals surface area (Å²) in [5.41, 5.74) is 9.13. The number of fused-ring (bicyclic) bond motifs is 1. The van der Waals surface area contributed by atoms with Gasteiger partial charge in [-0.1, -0.05) is 13.8 Å². The first-order chi connectivity index (χ1) is 6.70. The predicted molar refractivity (Wildman–Crippen MR) is 60.5 cm³/mol. The van der Waals surface area contributed by atoms with Crippen LogP contribution in [0.3, 0.4) is 0 Å². The smallest absolute Gasteiger partial charge is 0.0483 e. The average Bonchev–Trinajstić information content (AvgIpc) is 2.59. The summed E-state index contributed by atoms with van der Waals surface area (Å²) in [5, 5.41) is 0. The summed E-state index contributed by atoms with van der Waals surface area (Å²) >= 11 is 0. The third-order valence-corrected chi connectivity index (χ3v) is 2.82. The Balaban J connectivity index is 2.51. The number of nitrogen functional groups attached to an aromatic ring is 1. The second-order valence-corrected chi connectivity index (χ2v) is 3.88. The third kappa shape index (κ3) is 1.48. The van der Waals surface area contributed by atoms with Crippen LogP contribution < -0.4 is 5.73 Å². The predicted octanol–water partition coefficient (Wildman–Crippen LogP) is 3.04. The van der Waals surface area contributed by atoms with Gasteiger partial charge in [0, 0.05) is 23.6 Å². The molecule has 0 radical (unpaired) electrons. The summed E-state index contributed by atoms with van der Waals surface area (Å²) < 4.78 is 2.09. The van der Waals surface area contributed by atoms with Gasteiger partial charge < -0.3 is 10.1 Å². The van der Waals surface area contributed by atoms with Crippen LogP contribution in [-0.2, 0) is 0 Å². The lowest BCUT2D eigenvalue weighted by Gasteiger charge is -2.03. The third-order valence-electron chi connectivity index (χ3n) is 2.82. The first-order valence-corrected chi connectivity index (χ1v) is 5.08. The van der Waals surface area contributed by atoms with Crippen LogP contribution >= 0.6 is 0 Å². The second kappa shape index (κ2) is 3.37. The van der Waals surface area contributed by atoms with Crippen LogP contribution in [0.15, 0.2) is 30.6 Å². The van der Waals surface area contributed by atoms with E-state index < -0.39 is 0 Å². The molecule has 0 aliphatic carbocycles. The highest BCUT2D eigenvalue weighted by Crippen LogP contribution is 2.22. The molecule has 0 saturated carbocycles. The lowest BCUT2D eigenvalue weighted by Crippen LogP contribution is -1.89. The average molecular weight is 188 g/mol. The Bertz CT molecular complexity index is 443. The SMILES string of the molecule is CCC(C)c1cc2ccc(N)cn2c1. The molecule has 0 bridgehead atoms. The van der Waals surface area contributed by atoms with Crippen molar-refractivity contribution in [1.82, 2.24) is 4.40 Å². The summed E-state index contributed by atoms with van der Waals surface area (Å²) in [7, 11) is 0. The summed E-state index contributed by atoms with van der Waals surface area (Å²) in [4.78, 5) is 0. The monoisotopic (exact) mass is 188 g/mol. The van der Waals surface area contributed by atoms with Gasteiger partial charge in [0.25, 0.3) is 0 Å². The summed E-state index contributed by atoms with van der Waals surface area (Å²) in [5.74, 6) is 0.621. The van der Waals surface area contributed by atoms with Crippen LogP contribution in [0.25, 0.3) is 5.52 Å². The number of hydrogen-bond acceptors (Lipinski definition) is 1. The standard InChI is InChI=1S/C12H16N2/c1-3-9(2)10-6-12-5-4-11(13)8-14(12)7-10/h4-9H,3,13H2,1-2H3. The lowest BCUT2D eigenvalue weighted by atomic mass is 10.0. The lowest BCUT2D eigenvalue weighted by molar-refractivity contribution is 0.733. The Labute approximate surface area is 84.3 Å². The quantitative estimate of drug-likeness (QED) is 0.771. The molecule has 2 nitrogen and oxygen atoms in total. The van der Waals surface area contributed by atoms with Gasteiger partial charge in [-0.3, -0.25) is 0 Å². The van der Waals surface area contributed by atoms with E-state index in [-0.39, 0.29) is 0 Å². The van der Waals surface area contributed by atoms with Gasteiger partial charge >= 0.3 is 0 Å². The number of nitrogens with two attached hydrogens (primary N) is 1. The molecule has 74 valence electrons. The number of aromatic nitrogens is 1. The van der Waals surface area contributed by atoms with Gasteiger partial charge in [-0.25, -0.2) is 0 Å². The van der Waals surface area contributed by atoms with Crippen LogP contribution in [0.1, 0.15) is 31.7 Å². The zero-order valence-corrected chi connectivity index (χ0v) is 8.70. The summed E-state index contributed by atoms with van der Waals surface area (Å²) in [6.45, 7) is 4.46. The van der Waals surface area contributed by atoms with Crippen molar-refractivity contribution in [1.29, 1.82) is 0 Å². The molecule has 0 amide bonds. The van der Waals surface area contributed by atoms with E-state index in [0.29, 0.717) is 5.92 Å². The first-order valence-electron chi connectivity index (χ1n) is 5.08. The fourth-order valence-corrected chi connectivity index (χ4v) is 1.65. The van der Waals surface area contributed by atoms with Gasteiger partial charge in [-0.15, -0.1) is 0 Å². The molecule has 0 aliphatic rings. The zero-order chi connectivity index (χ0) is 10.1. The van der Waals surface area contributed by atoms with Crippen molar-refractivity contribution >= 4 is 11.2 Å². The van der Waals surface area contributed by atoms with Crippen LogP contribution in [-0.4, -0.2) is 4.40 Å². The minimum Gasteiger partial charge on any atom is -0.398 e. The number of anilines is 1. The molecule has 0 aliphatic heterocycles. The van der Waals surface area contributed by atoms with E-state index in [0.717, 1.165) is 5.69 Å². The molecule has 0 spiro atoms. The fraction of sp³-hybridized carbons (Fsp3) is 0.333. The Kier molecular flexibility index (Phi) is 2.20. The first kappa shape index (κ1) is 9.13. The molecule has 2 heterocycles. The minimum atomic E-state index is 0.621.